The molecule has 1 saturated heterocycles. The Morgan fingerprint density at radius 2 is 2.21 bits per heavy atom. The van der Waals surface area contributed by atoms with Crippen molar-refractivity contribution in [2.45, 2.75) is 51.4 Å². The van der Waals surface area contributed by atoms with E-state index in [1.807, 2.05) is 13.8 Å². The van der Waals surface area contributed by atoms with Crippen LogP contribution >= 0.6 is 11.8 Å². The maximum absolute atomic E-state index is 12.4. The van der Waals surface area contributed by atoms with Gasteiger partial charge >= 0.3 is 0 Å². The lowest BCUT2D eigenvalue weighted by molar-refractivity contribution is -0.384. The first-order valence-electron chi connectivity index (χ1n) is 9.18. The number of aromatic nitrogens is 2. The van der Waals surface area contributed by atoms with Crippen LogP contribution in [0.15, 0.2) is 23.4 Å². The van der Waals surface area contributed by atoms with Crippen LogP contribution < -0.4 is 5.32 Å². The molecule has 8 nitrogen and oxygen atoms in total. The number of nitrogens with one attached hydrogen (secondary N) is 1. The van der Waals surface area contributed by atoms with Crippen molar-refractivity contribution >= 4 is 29.0 Å². The van der Waals surface area contributed by atoms with Crippen LogP contribution in [0.1, 0.15) is 29.8 Å². The van der Waals surface area contributed by atoms with Crippen LogP contribution in [-0.4, -0.2) is 38.8 Å². The van der Waals surface area contributed by atoms with E-state index in [0.717, 1.165) is 48.1 Å². The van der Waals surface area contributed by atoms with Gasteiger partial charge in [0.2, 0.25) is 5.91 Å². The molecular weight excluding hydrogens is 380 g/mol. The number of hydrogen-bond donors (Lipinski definition) is 1. The molecule has 0 saturated carbocycles. The minimum atomic E-state index is -0.475. The normalized spacial score (nSPS) is 16.3. The number of imidazole rings is 1. The summed E-state index contributed by atoms with van der Waals surface area (Å²) in [7, 11) is 0. The number of thioether (sulfide) groups is 1. The molecule has 2 heterocycles. The zero-order valence-electron chi connectivity index (χ0n) is 16.2. The minimum absolute atomic E-state index is 0.0492. The second-order valence-electron chi connectivity index (χ2n) is 6.90. The van der Waals surface area contributed by atoms with E-state index in [9.17, 15) is 14.9 Å². The van der Waals surface area contributed by atoms with Gasteiger partial charge in [-0.05, 0) is 39.2 Å². The molecule has 1 aromatic carbocycles. The van der Waals surface area contributed by atoms with Crippen LogP contribution in [0.4, 0.5) is 11.4 Å². The summed E-state index contributed by atoms with van der Waals surface area (Å²) in [6.07, 6.45) is 2.30. The fourth-order valence-electron chi connectivity index (χ4n) is 3.12. The Morgan fingerprint density at radius 3 is 2.89 bits per heavy atom. The van der Waals surface area contributed by atoms with E-state index in [2.05, 4.69) is 14.9 Å². The van der Waals surface area contributed by atoms with Gasteiger partial charge in [0.05, 0.1) is 34.7 Å². The summed E-state index contributed by atoms with van der Waals surface area (Å²) in [6, 6.07) is 4.43. The van der Waals surface area contributed by atoms with Crippen LogP contribution in [0.3, 0.4) is 0 Å². The van der Waals surface area contributed by atoms with Gasteiger partial charge in [-0.15, -0.1) is 0 Å². The number of ether oxygens (including phenoxy) is 1. The Bertz CT molecular complexity index is 890. The van der Waals surface area contributed by atoms with Gasteiger partial charge in [0, 0.05) is 24.4 Å². The number of rotatable bonds is 7. The predicted molar refractivity (Wildman–Crippen MR) is 108 cm³/mol. The van der Waals surface area contributed by atoms with Crippen LogP contribution in [0.25, 0.3) is 0 Å². The van der Waals surface area contributed by atoms with Gasteiger partial charge < -0.3 is 14.6 Å². The van der Waals surface area contributed by atoms with Crippen molar-refractivity contribution < 1.29 is 14.5 Å². The van der Waals surface area contributed by atoms with Gasteiger partial charge in [-0.2, -0.15) is 0 Å². The van der Waals surface area contributed by atoms with Crippen molar-refractivity contribution in [1.29, 1.82) is 0 Å². The zero-order valence-corrected chi connectivity index (χ0v) is 17.0. The highest BCUT2D eigenvalue weighted by Crippen LogP contribution is 2.25. The molecule has 0 spiro atoms. The van der Waals surface area contributed by atoms with E-state index in [-0.39, 0.29) is 23.5 Å². The average molecular weight is 404 g/mol. The highest BCUT2D eigenvalue weighted by Gasteiger charge is 2.21. The van der Waals surface area contributed by atoms with Crippen LogP contribution in [0, 0.1) is 30.9 Å². The van der Waals surface area contributed by atoms with Crippen LogP contribution in [0.5, 0.6) is 0 Å². The molecule has 1 aliphatic rings. The number of anilines is 1. The SMILES string of the molecule is Cc1ccc([N+](=O)[O-])cc1NC(=O)CSc1nc(C)c(C)n1CC1CCCO1. The summed E-state index contributed by atoms with van der Waals surface area (Å²) >= 11 is 1.36. The summed E-state index contributed by atoms with van der Waals surface area (Å²) in [5.41, 5.74) is 3.20. The Hall–Kier alpha value is -2.39. The third kappa shape index (κ3) is 4.71. The van der Waals surface area contributed by atoms with Gasteiger partial charge in [0.1, 0.15) is 0 Å². The molecule has 3 rings (SSSR count). The zero-order chi connectivity index (χ0) is 20.3. The molecule has 1 N–H and O–H groups in total. The first kappa shape index (κ1) is 20.3. The summed E-state index contributed by atoms with van der Waals surface area (Å²) in [5, 5.41) is 14.5. The molecule has 150 valence electrons. The maximum Gasteiger partial charge on any atom is 0.271 e. The molecule has 1 atom stereocenters. The predicted octanol–water partition coefficient (Wildman–Crippen LogP) is 3.63. The molecule has 0 radical (unpaired) electrons. The molecule has 0 aliphatic carbocycles. The van der Waals surface area contributed by atoms with Crippen molar-refractivity contribution in [3.05, 3.63) is 45.3 Å². The van der Waals surface area contributed by atoms with E-state index in [1.54, 1.807) is 13.0 Å². The molecule has 1 aromatic heterocycles. The summed E-state index contributed by atoms with van der Waals surface area (Å²) in [5.74, 6) is -0.0561. The lowest BCUT2D eigenvalue weighted by atomic mass is 10.2. The number of amides is 1. The van der Waals surface area contributed by atoms with E-state index in [1.165, 1.54) is 23.9 Å². The summed E-state index contributed by atoms with van der Waals surface area (Å²) in [4.78, 5) is 27.5. The van der Waals surface area contributed by atoms with Crippen LogP contribution in [-0.2, 0) is 16.1 Å². The molecule has 9 heteroatoms. The monoisotopic (exact) mass is 404 g/mol. The second-order valence-corrected chi connectivity index (χ2v) is 7.85. The van der Waals surface area contributed by atoms with Crippen molar-refractivity contribution in [2.24, 2.45) is 0 Å². The molecule has 2 aromatic rings. The first-order valence-corrected chi connectivity index (χ1v) is 10.2. The number of carbonyl (C=O) groups is 1. The number of aryl methyl sites for hydroxylation is 2. The van der Waals surface area contributed by atoms with E-state index >= 15 is 0 Å². The Balaban J connectivity index is 1.65. The van der Waals surface area contributed by atoms with E-state index in [4.69, 9.17) is 4.74 Å². The van der Waals surface area contributed by atoms with Gasteiger partial charge in [-0.3, -0.25) is 14.9 Å². The van der Waals surface area contributed by atoms with Gasteiger partial charge in [-0.1, -0.05) is 17.8 Å². The van der Waals surface area contributed by atoms with E-state index < -0.39 is 4.92 Å². The molecule has 0 bridgehead atoms. The lowest BCUT2D eigenvalue weighted by Crippen LogP contribution is -2.18. The number of non-ortho nitro benzene ring substituents is 1. The van der Waals surface area contributed by atoms with E-state index in [0.29, 0.717) is 5.69 Å². The fraction of sp³-hybridized carbons (Fsp3) is 0.474. The van der Waals surface area contributed by atoms with Crippen molar-refractivity contribution in [3.8, 4) is 0 Å². The van der Waals surface area contributed by atoms with Gasteiger partial charge in [0.25, 0.3) is 5.69 Å². The van der Waals surface area contributed by atoms with Gasteiger partial charge in [0.15, 0.2) is 5.16 Å². The molecule has 1 fully saturated rings. The third-order valence-corrected chi connectivity index (χ3v) is 5.85. The summed E-state index contributed by atoms with van der Waals surface area (Å²) in [6.45, 7) is 7.31. The quantitative estimate of drug-likeness (QED) is 0.430. The number of nitro groups is 1. The van der Waals surface area contributed by atoms with Crippen molar-refractivity contribution in [3.63, 3.8) is 0 Å². The lowest BCUT2D eigenvalue weighted by Gasteiger charge is -2.14. The Labute approximate surface area is 167 Å². The largest absolute Gasteiger partial charge is 0.376 e. The fourth-order valence-corrected chi connectivity index (χ4v) is 4.02. The van der Waals surface area contributed by atoms with Crippen molar-refractivity contribution in [2.75, 3.05) is 17.7 Å². The molecule has 28 heavy (non-hydrogen) atoms. The topological polar surface area (TPSA) is 99.3 Å². The highest BCUT2D eigenvalue weighted by molar-refractivity contribution is 7.99. The molecular formula is C19H24N4O4S. The number of benzene rings is 1. The third-order valence-electron chi connectivity index (χ3n) is 4.87. The standard InChI is InChI=1S/C19H24N4O4S/c1-12-6-7-15(23(25)26)9-17(12)21-18(24)11-28-19-20-13(2)14(3)22(19)10-16-5-4-8-27-16/h6-7,9,16H,4-5,8,10-11H2,1-3H3,(H,21,24). The molecule has 1 unspecified atom stereocenters. The average Bonchev–Trinajstić information content (AvgIpc) is 3.25. The number of nitrogens with zero attached hydrogens (tertiary/aromatic N) is 3. The van der Waals surface area contributed by atoms with Gasteiger partial charge in [-0.25, -0.2) is 4.98 Å². The smallest absolute Gasteiger partial charge is 0.271 e. The number of carbonyl (C=O) groups excluding carboxylic acids is 1. The second kappa shape index (κ2) is 8.74. The number of nitro benzene ring substituents is 1. The van der Waals surface area contributed by atoms with Crippen LogP contribution in [0.2, 0.25) is 0 Å². The molecule has 1 aliphatic heterocycles. The Morgan fingerprint density at radius 1 is 1.43 bits per heavy atom. The minimum Gasteiger partial charge on any atom is -0.376 e. The highest BCUT2D eigenvalue weighted by atomic mass is 32.2. The summed E-state index contributed by atoms with van der Waals surface area (Å²) < 4.78 is 7.85. The van der Waals surface area contributed by atoms with Crippen molar-refractivity contribution in [1.82, 2.24) is 9.55 Å². The Kier molecular flexibility index (Phi) is 6.35. The molecule has 1 amide bonds. The maximum atomic E-state index is 12.4. The first-order chi connectivity index (χ1) is 13.3. The number of hydrogen-bond acceptors (Lipinski definition) is 6.